The van der Waals surface area contributed by atoms with Gasteiger partial charge in [0.2, 0.25) is 0 Å². The summed E-state index contributed by atoms with van der Waals surface area (Å²) in [4.78, 5) is 10.9. The second kappa shape index (κ2) is 4.42. The van der Waals surface area contributed by atoms with Gasteiger partial charge >= 0.3 is 5.97 Å². The van der Waals surface area contributed by atoms with Crippen molar-refractivity contribution in [3.05, 3.63) is 0 Å². The second-order valence-electron chi connectivity index (χ2n) is 3.20. The summed E-state index contributed by atoms with van der Waals surface area (Å²) < 4.78 is 4.59. The maximum Gasteiger partial charge on any atom is 0.305 e. The molecule has 0 radical (unpaired) electrons. The summed E-state index contributed by atoms with van der Waals surface area (Å²) in [6.45, 7) is 1.76. The van der Waals surface area contributed by atoms with E-state index in [0.717, 1.165) is 19.5 Å². The summed E-state index contributed by atoms with van der Waals surface area (Å²) in [7, 11) is 1.41. The van der Waals surface area contributed by atoms with Crippen molar-refractivity contribution in [2.75, 3.05) is 20.2 Å². The quantitative estimate of drug-likeness (QED) is 0.550. The van der Waals surface area contributed by atoms with Gasteiger partial charge in [-0.2, -0.15) is 0 Å². The van der Waals surface area contributed by atoms with Gasteiger partial charge in [0, 0.05) is 19.0 Å². The molecule has 0 aromatic carbocycles. The second-order valence-corrected chi connectivity index (χ2v) is 3.20. The van der Waals surface area contributed by atoms with Crippen LogP contribution in [0.3, 0.4) is 0 Å². The van der Waals surface area contributed by atoms with E-state index in [9.17, 15) is 4.79 Å². The zero-order valence-electron chi connectivity index (χ0n) is 7.38. The Hall–Kier alpha value is -0.610. The fourth-order valence-corrected chi connectivity index (χ4v) is 1.49. The van der Waals surface area contributed by atoms with Crippen LogP contribution < -0.4 is 11.1 Å². The Morgan fingerprint density at radius 1 is 1.75 bits per heavy atom. The predicted molar refractivity (Wildman–Crippen MR) is 45.6 cm³/mol. The molecule has 1 aliphatic rings. The van der Waals surface area contributed by atoms with E-state index in [1.54, 1.807) is 0 Å². The summed E-state index contributed by atoms with van der Waals surface area (Å²) >= 11 is 0. The molecule has 3 N–H and O–H groups in total. The molecular weight excluding hydrogens is 156 g/mol. The highest BCUT2D eigenvalue weighted by Gasteiger charge is 2.23. The fraction of sp³-hybridized carbons (Fsp3) is 0.875. The number of esters is 1. The van der Waals surface area contributed by atoms with Gasteiger partial charge in [0.05, 0.1) is 7.11 Å². The molecule has 12 heavy (non-hydrogen) atoms. The van der Waals surface area contributed by atoms with E-state index >= 15 is 0 Å². The van der Waals surface area contributed by atoms with Gasteiger partial charge in [-0.3, -0.25) is 4.79 Å². The molecule has 0 aromatic rings. The van der Waals surface area contributed by atoms with E-state index < -0.39 is 0 Å². The van der Waals surface area contributed by atoms with Crippen molar-refractivity contribution in [1.29, 1.82) is 0 Å². The zero-order chi connectivity index (χ0) is 8.97. The summed E-state index contributed by atoms with van der Waals surface area (Å²) in [5.41, 5.74) is 5.81. The SMILES string of the molecule is COC(=O)CC1CCNCC1N. The average molecular weight is 172 g/mol. The van der Waals surface area contributed by atoms with Gasteiger partial charge < -0.3 is 15.8 Å². The Morgan fingerprint density at radius 2 is 2.50 bits per heavy atom. The smallest absolute Gasteiger partial charge is 0.305 e. The molecule has 1 rings (SSSR count). The van der Waals surface area contributed by atoms with Crippen molar-refractivity contribution in [2.45, 2.75) is 18.9 Å². The Morgan fingerprint density at radius 3 is 3.08 bits per heavy atom. The van der Waals surface area contributed by atoms with Crippen molar-refractivity contribution >= 4 is 5.97 Å². The molecule has 4 heteroatoms. The van der Waals surface area contributed by atoms with Crippen molar-refractivity contribution in [2.24, 2.45) is 11.7 Å². The van der Waals surface area contributed by atoms with E-state index in [4.69, 9.17) is 5.73 Å². The number of nitrogens with one attached hydrogen (secondary N) is 1. The van der Waals surface area contributed by atoms with E-state index in [0.29, 0.717) is 12.3 Å². The molecule has 0 bridgehead atoms. The monoisotopic (exact) mass is 172 g/mol. The molecule has 0 aromatic heterocycles. The first kappa shape index (κ1) is 9.48. The van der Waals surface area contributed by atoms with Crippen LogP contribution in [-0.4, -0.2) is 32.2 Å². The molecule has 1 aliphatic heterocycles. The van der Waals surface area contributed by atoms with Gasteiger partial charge in [0.15, 0.2) is 0 Å². The minimum absolute atomic E-state index is 0.0952. The third-order valence-electron chi connectivity index (χ3n) is 2.33. The topological polar surface area (TPSA) is 64.3 Å². The van der Waals surface area contributed by atoms with E-state index in [2.05, 4.69) is 10.1 Å². The van der Waals surface area contributed by atoms with Crippen LogP contribution in [-0.2, 0) is 9.53 Å². The molecular formula is C8H16N2O2. The number of carbonyl (C=O) groups is 1. The lowest BCUT2D eigenvalue weighted by Gasteiger charge is -2.28. The number of piperidine rings is 1. The van der Waals surface area contributed by atoms with Crippen LogP contribution in [0.15, 0.2) is 0 Å². The molecule has 70 valence electrons. The van der Waals surface area contributed by atoms with Gasteiger partial charge in [0.25, 0.3) is 0 Å². The maximum atomic E-state index is 10.9. The minimum atomic E-state index is -0.155. The lowest BCUT2D eigenvalue weighted by molar-refractivity contribution is -0.142. The lowest BCUT2D eigenvalue weighted by atomic mass is 9.90. The highest BCUT2D eigenvalue weighted by molar-refractivity contribution is 5.69. The molecule has 0 aliphatic carbocycles. The first-order chi connectivity index (χ1) is 5.74. The number of carbonyl (C=O) groups excluding carboxylic acids is 1. The zero-order valence-corrected chi connectivity index (χ0v) is 7.38. The summed E-state index contributed by atoms with van der Waals surface area (Å²) in [6.07, 6.45) is 1.43. The van der Waals surface area contributed by atoms with Gasteiger partial charge in [-0.1, -0.05) is 0 Å². The van der Waals surface area contributed by atoms with Crippen LogP contribution in [0.1, 0.15) is 12.8 Å². The Bertz CT molecular complexity index is 161. The van der Waals surface area contributed by atoms with Crippen molar-refractivity contribution < 1.29 is 9.53 Å². The van der Waals surface area contributed by atoms with Crippen molar-refractivity contribution in [3.8, 4) is 0 Å². The molecule has 2 atom stereocenters. The third-order valence-corrected chi connectivity index (χ3v) is 2.33. The lowest BCUT2D eigenvalue weighted by Crippen LogP contribution is -2.46. The molecule has 2 unspecified atom stereocenters. The third kappa shape index (κ3) is 2.46. The number of rotatable bonds is 2. The Labute approximate surface area is 72.5 Å². The number of hydrogen-bond donors (Lipinski definition) is 2. The van der Waals surface area contributed by atoms with Gasteiger partial charge in [0.1, 0.15) is 0 Å². The first-order valence-electron chi connectivity index (χ1n) is 4.27. The van der Waals surface area contributed by atoms with E-state index in [-0.39, 0.29) is 12.0 Å². The molecule has 0 amide bonds. The maximum absolute atomic E-state index is 10.9. The molecule has 1 saturated heterocycles. The highest BCUT2D eigenvalue weighted by atomic mass is 16.5. The highest BCUT2D eigenvalue weighted by Crippen LogP contribution is 2.15. The summed E-state index contributed by atoms with van der Waals surface area (Å²) in [5, 5.41) is 3.18. The molecule has 0 saturated carbocycles. The number of methoxy groups -OCH3 is 1. The summed E-state index contributed by atoms with van der Waals surface area (Å²) in [6, 6.07) is 0.0952. The van der Waals surface area contributed by atoms with Crippen LogP contribution in [0, 0.1) is 5.92 Å². The van der Waals surface area contributed by atoms with Crippen LogP contribution in [0.2, 0.25) is 0 Å². The van der Waals surface area contributed by atoms with Crippen molar-refractivity contribution in [3.63, 3.8) is 0 Å². The Balaban J connectivity index is 2.33. The Kier molecular flexibility index (Phi) is 3.49. The summed E-state index contributed by atoms with van der Waals surface area (Å²) in [5.74, 6) is 0.135. The van der Waals surface area contributed by atoms with Gasteiger partial charge in [-0.25, -0.2) is 0 Å². The fourth-order valence-electron chi connectivity index (χ4n) is 1.49. The average Bonchev–Trinajstić information content (AvgIpc) is 2.09. The van der Waals surface area contributed by atoms with E-state index in [1.807, 2.05) is 0 Å². The molecule has 4 nitrogen and oxygen atoms in total. The van der Waals surface area contributed by atoms with Gasteiger partial charge in [-0.15, -0.1) is 0 Å². The predicted octanol–water partition coefficient (Wildman–Crippen LogP) is -0.514. The van der Waals surface area contributed by atoms with Crippen LogP contribution in [0.4, 0.5) is 0 Å². The van der Waals surface area contributed by atoms with Crippen molar-refractivity contribution in [1.82, 2.24) is 5.32 Å². The standard InChI is InChI=1S/C8H16N2O2/c1-12-8(11)4-6-2-3-10-5-7(6)9/h6-7,10H,2-5,9H2,1H3. The molecule has 1 heterocycles. The molecule has 0 spiro atoms. The normalized spacial score (nSPS) is 29.8. The largest absolute Gasteiger partial charge is 0.469 e. The van der Waals surface area contributed by atoms with Crippen LogP contribution in [0.5, 0.6) is 0 Å². The van der Waals surface area contributed by atoms with Crippen LogP contribution >= 0.6 is 0 Å². The minimum Gasteiger partial charge on any atom is -0.469 e. The number of nitrogens with two attached hydrogens (primary N) is 1. The van der Waals surface area contributed by atoms with E-state index in [1.165, 1.54) is 7.11 Å². The number of hydrogen-bond acceptors (Lipinski definition) is 4. The first-order valence-corrected chi connectivity index (χ1v) is 4.27. The number of ether oxygens (including phenoxy) is 1. The van der Waals surface area contributed by atoms with Crippen LogP contribution in [0.25, 0.3) is 0 Å². The van der Waals surface area contributed by atoms with Gasteiger partial charge in [-0.05, 0) is 18.9 Å². The molecule has 1 fully saturated rings.